The summed E-state index contributed by atoms with van der Waals surface area (Å²) < 4.78 is 4.70. The minimum absolute atomic E-state index is 0.0513. The molecule has 3 heterocycles. The predicted molar refractivity (Wildman–Crippen MR) is 117 cm³/mol. The Morgan fingerprint density at radius 1 is 1.03 bits per heavy atom. The van der Waals surface area contributed by atoms with Crippen molar-refractivity contribution in [1.29, 1.82) is 0 Å². The maximum atomic E-state index is 12.8. The molecule has 2 aromatic heterocycles. The quantitative estimate of drug-likeness (QED) is 0.606. The average Bonchev–Trinajstić information content (AvgIpc) is 3.11. The van der Waals surface area contributed by atoms with Crippen LogP contribution in [-0.4, -0.2) is 42.8 Å². The molecular formula is C23H27N5O3. The van der Waals surface area contributed by atoms with Crippen LogP contribution in [0.2, 0.25) is 0 Å². The van der Waals surface area contributed by atoms with Crippen molar-refractivity contribution in [3.63, 3.8) is 0 Å². The van der Waals surface area contributed by atoms with Gasteiger partial charge in [-0.25, -0.2) is 9.48 Å². The molecule has 162 valence electrons. The summed E-state index contributed by atoms with van der Waals surface area (Å²) >= 11 is 0. The Balaban J connectivity index is 1.44. The molecule has 0 N–H and O–H groups in total. The SMILES string of the molecule is CCn1c(C2CCN(C(=O)Cn3ccccc3=O)CC2)nn(Cc2ccccc2)c1=O. The summed E-state index contributed by atoms with van der Waals surface area (Å²) in [6, 6.07) is 14.7. The van der Waals surface area contributed by atoms with E-state index < -0.39 is 0 Å². The van der Waals surface area contributed by atoms with Gasteiger partial charge in [-0.3, -0.25) is 14.2 Å². The third-order valence-corrected chi connectivity index (χ3v) is 5.86. The van der Waals surface area contributed by atoms with Crippen molar-refractivity contribution in [2.24, 2.45) is 0 Å². The topological polar surface area (TPSA) is 82.1 Å². The first-order valence-electron chi connectivity index (χ1n) is 10.7. The van der Waals surface area contributed by atoms with E-state index >= 15 is 0 Å². The zero-order valence-electron chi connectivity index (χ0n) is 17.7. The van der Waals surface area contributed by atoms with Crippen LogP contribution in [-0.2, 0) is 24.4 Å². The zero-order valence-corrected chi connectivity index (χ0v) is 17.7. The van der Waals surface area contributed by atoms with Crippen LogP contribution in [0.5, 0.6) is 0 Å². The van der Waals surface area contributed by atoms with Crippen molar-refractivity contribution < 1.29 is 4.79 Å². The van der Waals surface area contributed by atoms with E-state index in [9.17, 15) is 14.4 Å². The molecule has 1 aliphatic rings. The molecule has 0 aliphatic carbocycles. The lowest BCUT2D eigenvalue weighted by atomic mass is 9.96. The molecule has 1 aliphatic heterocycles. The molecule has 0 atom stereocenters. The minimum Gasteiger partial charge on any atom is -0.341 e. The van der Waals surface area contributed by atoms with Crippen molar-refractivity contribution >= 4 is 5.91 Å². The van der Waals surface area contributed by atoms with Crippen molar-refractivity contribution in [1.82, 2.24) is 23.8 Å². The molecular weight excluding hydrogens is 394 g/mol. The first kappa shape index (κ1) is 20.8. The number of hydrogen-bond acceptors (Lipinski definition) is 4. The Kier molecular flexibility index (Phi) is 6.16. The van der Waals surface area contributed by atoms with E-state index in [1.54, 1.807) is 27.8 Å². The van der Waals surface area contributed by atoms with E-state index in [-0.39, 0.29) is 29.6 Å². The molecule has 0 saturated carbocycles. The Morgan fingerprint density at radius 3 is 2.42 bits per heavy atom. The van der Waals surface area contributed by atoms with Gasteiger partial charge in [0.1, 0.15) is 12.4 Å². The van der Waals surface area contributed by atoms with Gasteiger partial charge in [-0.05, 0) is 31.4 Å². The Morgan fingerprint density at radius 2 is 1.74 bits per heavy atom. The van der Waals surface area contributed by atoms with Gasteiger partial charge in [0.05, 0.1) is 6.54 Å². The first-order chi connectivity index (χ1) is 15.1. The van der Waals surface area contributed by atoms with E-state index in [0.29, 0.717) is 26.2 Å². The number of carbonyl (C=O) groups is 1. The van der Waals surface area contributed by atoms with Gasteiger partial charge in [0.2, 0.25) is 5.91 Å². The molecule has 0 radical (unpaired) electrons. The number of hydrogen-bond donors (Lipinski definition) is 0. The zero-order chi connectivity index (χ0) is 21.8. The third kappa shape index (κ3) is 4.52. The molecule has 8 nitrogen and oxygen atoms in total. The highest BCUT2D eigenvalue weighted by molar-refractivity contribution is 5.76. The number of benzene rings is 1. The summed E-state index contributed by atoms with van der Waals surface area (Å²) in [5.74, 6) is 0.872. The lowest BCUT2D eigenvalue weighted by molar-refractivity contribution is -0.133. The van der Waals surface area contributed by atoms with Gasteiger partial charge in [-0.2, -0.15) is 5.10 Å². The maximum absolute atomic E-state index is 12.8. The van der Waals surface area contributed by atoms with Crippen LogP contribution in [0.15, 0.2) is 64.3 Å². The fourth-order valence-corrected chi connectivity index (χ4v) is 4.14. The summed E-state index contributed by atoms with van der Waals surface area (Å²) in [6.45, 7) is 4.20. The average molecular weight is 422 g/mol. The molecule has 0 unspecified atom stereocenters. The Bertz CT molecular complexity index is 1150. The van der Waals surface area contributed by atoms with Gasteiger partial charge in [-0.1, -0.05) is 36.4 Å². The second-order valence-electron chi connectivity index (χ2n) is 7.85. The van der Waals surface area contributed by atoms with Crippen LogP contribution >= 0.6 is 0 Å². The molecule has 1 amide bonds. The van der Waals surface area contributed by atoms with Gasteiger partial charge in [0.25, 0.3) is 5.56 Å². The molecule has 1 saturated heterocycles. The van der Waals surface area contributed by atoms with Crippen LogP contribution in [0.4, 0.5) is 0 Å². The van der Waals surface area contributed by atoms with Crippen LogP contribution in [0.1, 0.15) is 37.1 Å². The van der Waals surface area contributed by atoms with Crippen LogP contribution < -0.4 is 11.2 Å². The van der Waals surface area contributed by atoms with Gasteiger partial charge < -0.3 is 9.47 Å². The van der Waals surface area contributed by atoms with Crippen LogP contribution in [0.25, 0.3) is 0 Å². The Hall–Kier alpha value is -3.42. The largest absolute Gasteiger partial charge is 0.346 e. The number of aromatic nitrogens is 4. The number of pyridine rings is 1. The second-order valence-corrected chi connectivity index (χ2v) is 7.85. The fraction of sp³-hybridized carbons (Fsp3) is 0.391. The molecule has 0 bridgehead atoms. The van der Waals surface area contributed by atoms with E-state index in [1.807, 2.05) is 37.3 Å². The first-order valence-corrected chi connectivity index (χ1v) is 10.7. The van der Waals surface area contributed by atoms with E-state index in [2.05, 4.69) is 5.10 Å². The molecule has 1 aromatic carbocycles. The third-order valence-electron chi connectivity index (χ3n) is 5.86. The highest BCUT2D eigenvalue weighted by Crippen LogP contribution is 2.26. The number of amides is 1. The highest BCUT2D eigenvalue weighted by Gasteiger charge is 2.28. The number of piperidine rings is 1. The second kappa shape index (κ2) is 9.16. The predicted octanol–water partition coefficient (Wildman–Crippen LogP) is 1.68. The van der Waals surface area contributed by atoms with Crippen molar-refractivity contribution in [3.05, 3.63) is 87.0 Å². The standard InChI is InChI=1S/C23H27N5O3/c1-2-27-22(24-28(23(27)31)16-18-8-4-3-5-9-18)19-11-14-25(15-12-19)21(30)17-26-13-7-6-10-20(26)29/h3-10,13,19H,2,11-12,14-17H2,1H3. The van der Waals surface area contributed by atoms with Gasteiger partial charge in [-0.15, -0.1) is 0 Å². The lowest BCUT2D eigenvalue weighted by Crippen LogP contribution is -2.41. The number of likely N-dealkylation sites (tertiary alicyclic amines) is 1. The molecule has 3 aromatic rings. The molecule has 31 heavy (non-hydrogen) atoms. The highest BCUT2D eigenvalue weighted by atomic mass is 16.2. The van der Waals surface area contributed by atoms with E-state index in [4.69, 9.17) is 0 Å². The summed E-state index contributed by atoms with van der Waals surface area (Å²) in [7, 11) is 0. The van der Waals surface area contributed by atoms with E-state index in [1.165, 1.54) is 15.3 Å². The number of rotatable bonds is 6. The van der Waals surface area contributed by atoms with Crippen molar-refractivity contribution in [3.8, 4) is 0 Å². The normalized spacial score (nSPS) is 14.7. The van der Waals surface area contributed by atoms with Crippen LogP contribution in [0.3, 0.4) is 0 Å². The summed E-state index contributed by atoms with van der Waals surface area (Å²) in [6.07, 6.45) is 3.13. The lowest BCUT2D eigenvalue weighted by Gasteiger charge is -2.31. The van der Waals surface area contributed by atoms with Gasteiger partial charge in [0.15, 0.2) is 0 Å². The molecule has 8 heteroatoms. The van der Waals surface area contributed by atoms with Gasteiger partial charge >= 0.3 is 5.69 Å². The number of carbonyl (C=O) groups excluding carboxylic acids is 1. The fourth-order valence-electron chi connectivity index (χ4n) is 4.14. The smallest absolute Gasteiger partial charge is 0.341 e. The minimum atomic E-state index is -0.179. The summed E-state index contributed by atoms with van der Waals surface area (Å²) in [4.78, 5) is 39.1. The summed E-state index contributed by atoms with van der Waals surface area (Å²) in [5.41, 5.74) is 0.762. The van der Waals surface area contributed by atoms with Crippen LogP contribution in [0, 0.1) is 0 Å². The molecule has 1 fully saturated rings. The number of nitrogens with zero attached hydrogens (tertiary/aromatic N) is 5. The van der Waals surface area contributed by atoms with E-state index in [0.717, 1.165) is 24.2 Å². The Labute approximate surface area is 180 Å². The maximum Gasteiger partial charge on any atom is 0.346 e. The van der Waals surface area contributed by atoms with Crippen molar-refractivity contribution in [2.45, 2.75) is 45.3 Å². The van der Waals surface area contributed by atoms with Gasteiger partial charge in [0, 0.05) is 37.8 Å². The molecule has 4 rings (SSSR count). The molecule has 0 spiro atoms. The summed E-state index contributed by atoms with van der Waals surface area (Å²) in [5, 5.41) is 4.67. The monoisotopic (exact) mass is 421 g/mol. The van der Waals surface area contributed by atoms with Crippen molar-refractivity contribution in [2.75, 3.05) is 13.1 Å².